The van der Waals surface area contributed by atoms with Crippen molar-refractivity contribution in [2.75, 3.05) is 13.2 Å². The minimum atomic E-state index is -1.61. The summed E-state index contributed by atoms with van der Waals surface area (Å²) in [6.07, 6.45) is -13.4. The van der Waals surface area contributed by atoms with E-state index in [1.165, 1.54) is 19.1 Å². The van der Waals surface area contributed by atoms with Crippen molar-refractivity contribution in [3.8, 4) is 11.5 Å². The van der Waals surface area contributed by atoms with Crippen LogP contribution in [0, 0.1) is 0 Å². The molecule has 2 aliphatic heterocycles. The van der Waals surface area contributed by atoms with E-state index in [4.69, 9.17) is 18.9 Å². The molecule has 32 heavy (non-hydrogen) atoms. The zero-order chi connectivity index (χ0) is 23.6. The van der Waals surface area contributed by atoms with Crippen LogP contribution < -0.4 is 0 Å². The molecule has 10 atom stereocenters. The molecule has 10 unspecified atom stereocenters. The number of phenolic OH excluding ortho intramolecular Hbond substituents is 2. The molecule has 12 nitrogen and oxygen atoms in total. The maximum atomic E-state index is 10.2. The highest BCUT2D eigenvalue weighted by Crippen LogP contribution is 2.27. The first-order chi connectivity index (χ1) is 15.1. The largest absolute Gasteiger partial charge is 0.504 e. The molecule has 0 aliphatic carbocycles. The van der Waals surface area contributed by atoms with E-state index in [0.29, 0.717) is 12.0 Å². The summed E-state index contributed by atoms with van der Waals surface area (Å²) in [6, 6.07) is 4.25. The van der Waals surface area contributed by atoms with E-state index in [1.807, 2.05) is 0 Å². The van der Waals surface area contributed by atoms with Gasteiger partial charge in [0, 0.05) is 0 Å². The highest BCUT2D eigenvalue weighted by Gasteiger charge is 2.46. The Bertz CT molecular complexity index is 747. The number of aliphatic hydroxyl groups excluding tert-OH is 6. The van der Waals surface area contributed by atoms with E-state index < -0.39 is 61.4 Å². The highest BCUT2D eigenvalue weighted by atomic mass is 16.7. The molecule has 2 aliphatic rings. The van der Waals surface area contributed by atoms with Crippen LogP contribution in [-0.4, -0.2) is 115 Å². The second-order valence-electron chi connectivity index (χ2n) is 7.97. The Morgan fingerprint density at radius 2 is 1.38 bits per heavy atom. The number of aliphatic hydroxyl groups is 6. The van der Waals surface area contributed by atoms with Crippen LogP contribution in [0.5, 0.6) is 11.5 Å². The summed E-state index contributed by atoms with van der Waals surface area (Å²) in [4.78, 5) is 0. The van der Waals surface area contributed by atoms with Crippen LogP contribution in [0.2, 0.25) is 0 Å². The monoisotopic (exact) mass is 462 g/mol. The predicted molar refractivity (Wildman–Crippen MR) is 104 cm³/mol. The lowest BCUT2D eigenvalue weighted by molar-refractivity contribution is -0.327. The highest BCUT2D eigenvalue weighted by molar-refractivity contribution is 5.40. The van der Waals surface area contributed by atoms with Gasteiger partial charge in [0.1, 0.15) is 42.7 Å². The Kier molecular flexibility index (Phi) is 8.27. The van der Waals surface area contributed by atoms with E-state index in [9.17, 15) is 40.9 Å². The number of phenols is 2. The van der Waals surface area contributed by atoms with E-state index in [-0.39, 0.29) is 24.7 Å². The molecule has 0 bridgehead atoms. The molecule has 2 heterocycles. The number of hydrogen-bond acceptors (Lipinski definition) is 12. The second-order valence-corrected chi connectivity index (χ2v) is 7.97. The molecule has 2 fully saturated rings. The van der Waals surface area contributed by atoms with Crippen molar-refractivity contribution in [1.29, 1.82) is 0 Å². The molecule has 0 radical (unpaired) electrons. The van der Waals surface area contributed by atoms with Gasteiger partial charge in [-0.15, -0.1) is 0 Å². The lowest BCUT2D eigenvalue weighted by atomic mass is 9.98. The minimum Gasteiger partial charge on any atom is -0.504 e. The van der Waals surface area contributed by atoms with Gasteiger partial charge in [-0.05, 0) is 31.0 Å². The number of ether oxygens (including phenoxy) is 4. The van der Waals surface area contributed by atoms with Gasteiger partial charge >= 0.3 is 0 Å². The van der Waals surface area contributed by atoms with Crippen molar-refractivity contribution in [2.24, 2.45) is 0 Å². The zero-order valence-corrected chi connectivity index (χ0v) is 17.3. The quantitative estimate of drug-likeness (QED) is 0.196. The van der Waals surface area contributed by atoms with Gasteiger partial charge in [-0.2, -0.15) is 0 Å². The van der Waals surface area contributed by atoms with Gasteiger partial charge in [0.15, 0.2) is 24.1 Å². The van der Waals surface area contributed by atoms with Crippen molar-refractivity contribution in [3.05, 3.63) is 23.8 Å². The van der Waals surface area contributed by atoms with Crippen LogP contribution in [-0.2, 0) is 25.4 Å². The third-order valence-electron chi connectivity index (χ3n) is 5.61. The summed E-state index contributed by atoms with van der Waals surface area (Å²) in [5.41, 5.74) is 0.643. The number of aromatic hydroxyl groups is 2. The normalized spacial score (nSPS) is 40.3. The smallest absolute Gasteiger partial charge is 0.186 e. The van der Waals surface area contributed by atoms with Crippen molar-refractivity contribution in [1.82, 2.24) is 0 Å². The molecule has 0 spiro atoms. The van der Waals surface area contributed by atoms with Crippen molar-refractivity contribution in [3.63, 3.8) is 0 Å². The molecular weight excluding hydrogens is 432 g/mol. The number of hydrogen-bond donors (Lipinski definition) is 8. The first-order valence-electron chi connectivity index (χ1n) is 10.2. The SMILES string of the molecule is CC1OC(OCC2OC(OCCc3ccc(O)c(O)c3)C(O)C(O)C2O)C(O)C(O)C1O. The molecule has 182 valence electrons. The number of benzene rings is 1. The van der Waals surface area contributed by atoms with E-state index in [0.717, 1.165) is 0 Å². The number of rotatable bonds is 7. The van der Waals surface area contributed by atoms with Crippen LogP contribution in [0.4, 0.5) is 0 Å². The Balaban J connectivity index is 1.54. The van der Waals surface area contributed by atoms with Crippen molar-refractivity contribution >= 4 is 0 Å². The van der Waals surface area contributed by atoms with Gasteiger partial charge in [-0.3, -0.25) is 0 Å². The first kappa shape index (κ1) is 25.1. The molecule has 0 amide bonds. The Morgan fingerprint density at radius 3 is 2.03 bits per heavy atom. The van der Waals surface area contributed by atoms with Crippen LogP contribution in [0.1, 0.15) is 12.5 Å². The van der Waals surface area contributed by atoms with Crippen molar-refractivity contribution in [2.45, 2.75) is 74.8 Å². The molecule has 3 rings (SSSR count). The van der Waals surface area contributed by atoms with E-state index >= 15 is 0 Å². The molecule has 2 saturated heterocycles. The third-order valence-corrected chi connectivity index (χ3v) is 5.61. The fraction of sp³-hybridized carbons (Fsp3) is 0.700. The van der Waals surface area contributed by atoms with Crippen LogP contribution in [0.25, 0.3) is 0 Å². The van der Waals surface area contributed by atoms with Gasteiger partial charge < -0.3 is 59.8 Å². The van der Waals surface area contributed by atoms with Gasteiger partial charge in [-0.25, -0.2) is 0 Å². The standard InChI is InChI=1S/C20H30O12/c1-8-13(23)15(25)17(27)20(31-8)30-7-12-14(24)16(26)18(28)19(32-12)29-5-4-9-2-3-10(21)11(22)6-9/h2-3,6,8,12-28H,4-5,7H2,1H3. The summed E-state index contributed by atoms with van der Waals surface area (Å²) in [5.74, 6) is -0.546. The van der Waals surface area contributed by atoms with Crippen LogP contribution in [0.3, 0.4) is 0 Å². The maximum Gasteiger partial charge on any atom is 0.186 e. The average molecular weight is 462 g/mol. The summed E-state index contributed by atoms with van der Waals surface area (Å²) >= 11 is 0. The Hall–Kier alpha value is -1.58. The van der Waals surface area contributed by atoms with E-state index in [1.54, 1.807) is 6.07 Å². The van der Waals surface area contributed by atoms with Gasteiger partial charge in [-0.1, -0.05) is 6.07 Å². The van der Waals surface area contributed by atoms with Gasteiger partial charge in [0.2, 0.25) is 0 Å². The molecule has 0 aromatic heterocycles. The van der Waals surface area contributed by atoms with Crippen LogP contribution >= 0.6 is 0 Å². The van der Waals surface area contributed by atoms with Crippen molar-refractivity contribution < 1.29 is 59.8 Å². The van der Waals surface area contributed by atoms with Gasteiger partial charge in [0.05, 0.1) is 19.3 Å². The van der Waals surface area contributed by atoms with E-state index in [2.05, 4.69) is 0 Å². The van der Waals surface area contributed by atoms with Crippen LogP contribution in [0.15, 0.2) is 18.2 Å². The summed E-state index contributed by atoms with van der Waals surface area (Å²) in [5, 5.41) is 79.0. The Labute approximate surface area is 183 Å². The predicted octanol–water partition coefficient (Wildman–Crippen LogP) is -2.69. The Morgan fingerprint density at radius 1 is 0.750 bits per heavy atom. The summed E-state index contributed by atoms with van der Waals surface area (Å²) < 4.78 is 21.7. The third kappa shape index (κ3) is 5.48. The average Bonchev–Trinajstić information content (AvgIpc) is 2.77. The lowest BCUT2D eigenvalue weighted by Gasteiger charge is -2.42. The zero-order valence-electron chi connectivity index (χ0n) is 17.3. The second kappa shape index (κ2) is 10.6. The topological polar surface area (TPSA) is 199 Å². The lowest BCUT2D eigenvalue weighted by Crippen LogP contribution is -2.61. The molecule has 8 N–H and O–H groups in total. The fourth-order valence-corrected chi connectivity index (χ4v) is 3.55. The summed E-state index contributed by atoms with van der Waals surface area (Å²) in [6.45, 7) is 1.13. The minimum absolute atomic E-state index is 0.0222. The fourth-order valence-electron chi connectivity index (χ4n) is 3.55. The maximum absolute atomic E-state index is 10.2. The molecule has 1 aromatic carbocycles. The molecule has 12 heteroatoms. The van der Waals surface area contributed by atoms with Gasteiger partial charge in [0.25, 0.3) is 0 Å². The molecular formula is C20H30O12. The first-order valence-corrected chi connectivity index (χ1v) is 10.2. The summed E-state index contributed by atoms with van der Waals surface area (Å²) in [7, 11) is 0. The molecule has 0 saturated carbocycles. The molecule has 1 aromatic rings.